The van der Waals surface area contributed by atoms with Crippen LogP contribution in [0.25, 0.3) is 6.08 Å². The van der Waals surface area contributed by atoms with Crippen LogP contribution in [0.3, 0.4) is 0 Å². The standard InChI is InChI=1S/C16H21N3O4/c1-10-7-13(11(2)19(10)5-6-22-4)8-14(9-17)16(21)23-12(3)15(18)20/h7-8,12H,5-6H2,1-4H3,(H2,18,20)/b14-8+/t12-/m0/s1. The van der Waals surface area contributed by atoms with Crippen LogP contribution in [0.5, 0.6) is 0 Å². The summed E-state index contributed by atoms with van der Waals surface area (Å²) < 4.78 is 11.9. The van der Waals surface area contributed by atoms with Crippen LogP contribution < -0.4 is 5.73 Å². The van der Waals surface area contributed by atoms with Gasteiger partial charge in [-0.15, -0.1) is 0 Å². The van der Waals surface area contributed by atoms with Gasteiger partial charge in [0.15, 0.2) is 6.10 Å². The molecule has 2 N–H and O–H groups in total. The van der Waals surface area contributed by atoms with Crippen molar-refractivity contribution in [3.8, 4) is 6.07 Å². The maximum Gasteiger partial charge on any atom is 0.349 e. The lowest BCUT2D eigenvalue weighted by Gasteiger charge is -2.09. The number of nitriles is 1. The molecule has 0 bridgehead atoms. The van der Waals surface area contributed by atoms with Gasteiger partial charge in [-0.3, -0.25) is 4.79 Å². The summed E-state index contributed by atoms with van der Waals surface area (Å²) >= 11 is 0. The minimum Gasteiger partial charge on any atom is -0.448 e. The number of hydrogen-bond acceptors (Lipinski definition) is 5. The number of amides is 1. The highest BCUT2D eigenvalue weighted by atomic mass is 16.5. The summed E-state index contributed by atoms with van der Waals surface area (Å²) in [6.07, 6.45) is 0.357. The molecule has 23 heavy (non-hydrogen) atoms. The van der Waals surface area contributed by atoms with E-state index in [1.165, 1.54) is 13.0 Å². The number of carbonyl (C=O) groups excluding carboxylic acids is 2. The average molecular weight is 319 g/mol. The maximum absolute atomic E-state index is 11.9. The lowest BCUT2D eigenvalue weighted by Crippen LogP contribution is -2.30. The quantitative estimate of drug-likeness (QED) is 0.459. The Morgan fingerprint density at radius 3 is 2.65 bits per heavy atom. The van der Waals surface area contributed by atoms with E-state index in [4.69, 9.17) is 20.5 Å². The highest BCUT2D eigenvalue weighted by Gasteiger charge is 2.19. The molecule has 1 amide bonds. The molecule has 1 atom stereocenters. The van der Waals surface area contributed by atoms with Crippen molar-refractivity contribution in [3.05, 3.63) is 28.6 Å². The number of nitrogens with two attached hydrogens (primary N) is 1. The Bertz CT molecular complexity index is 668. The van der Waals surface area contributed by atoms with Crippen LogP contribution in [0.4, 0.5) is 0 Å². The molecule has 0 unspecified atom stereocenters. The van der Waals surface area contributed by atoms with Crippen LogP contribution in [0, 0.1) is 25.2 Å². The van der Waals surface area contributed by atoms with Gasteiger partial charge in [-0.05, 0) is 38.5 Å². The maximum atomic E-state index is 11.9. The van der Waals surface area contributed by atoms with Gasteiger partial charge in [0, 0.05) is 25.0 Å². The first-order chi connectivity index (χ1) is 10.8. The van der Waals surface area contributed by atoms with Crippen molar-refractivity contribution < 1.29 is 19.1 Å². The molecule has 124 valence electrons. The Morgan fingerprint density at radius 1 is 1.48 bits per heavy atom. The Kier molecular flexibility index (Phi) is 6.54. The predicted octanol–water partition coefficient (Wildman–Crippen LogP) is 1.08. The van der Waals surface area contributed by atoms with Gasteiger partial charge in [0.05, 0.1) is 6.61 Å². The third-order valence-electron chi connectivity index (χ3n) is 3.46. The second-order valence-corrected chi connectivity index (χ2v) is 5.09. The molecule has 0 fully saturated rings. The van der Waals surface area contributed by atoms with Crippen molar-refractivity contribution in [3.63, 3.8) is 0 Å². The molecule has 0 aromatic carbocycles. The van der Waals surface area contributed by atoms with Gasteiger partial charge in [-0.25, -0.2) is 4.79 Å². The number of primary amides is 1. The number of rotatable bonds is 7. The Balaban J connectivity index is 3.05. The van der Waals surface area contributed by atoms with Gasteiger partial charge in [-0.2, -0.15) is 5.26 Å². The second kappa shape index (κ2) is 8.15. The molecule has 0 aliphatic rings. The first kappa shape index (κ1) is 18.5. The zero-order valence-electron chi connectivity index (χ0n) is 13.8. The first-order valence-electron chi connectivity index (χ1n) is 7.09. The van der Waals surface area contributed by atoms with Gasteiger partial charge in [0.2, 0.25) is 0 Å². The number of carbonyl (C=O) groups is 2. The molecule has 0 saturated heterocycles. The minimum absolute atomic E-state index is 0.190. The van der Waals surface area contributed by atoms with E-state index in [9.17, 15) is 9.59 Å². The molecule has 1 aromatic heterocycles. The monoisotopic (exact) mass is 319 g/mol. The molecular weight excluding hydrogens is 298 g/mol. The summed E-state index contributed by atoms with van der Waals surface area (Å²) in [6, 6.07) is 3.66. The smallest absolute Gasteiger partial charge is 0.349 e. The van der Waals surface area contributed by atoms with E-state index in [-0.39, 0.29) is 5.57 Å². The van der Waals surface area contributed by atoms with Crippen molar-refractivity contribution in [2.45, 2.75) is 33.4 Å². The summed E-state index contributed by atoms with van der Waals surface area (Å²) in [5, 5.41) is 9.16. The molecule has 0 spiro atoms. The van der Waals surface area contributed by atoms with Crippen LogP contribution in [-0.2, 0) is 25.6 Å². The summed E-state index contributed by atoms with van der Waals surface area (Å²) in [5.74, 6) is -1.64. The van der Waals surface area contributed by atoms with Gasteiger partial charge in [0.1, 0.15) is 11.6 Å². The third-order valence-corrected chi connectivity index (χ3v) is 3.46. The van der Waals surface area contributed by atoms with E-state index < -0.39 is 18.0 Å². The fourth-order valence-electron chi connectivity index (χ4n) is 2.07. The summed E-state index contributed by atoms with van der Waals surface area (Å²) in [5.41, 5.74) is 7.48. The molecule has 1 aromatic rings. The lowest BCUT2D eigenvalue weighted by atomic mass is 10.1. The zero-order valence-corrected chi connectivity index (χ0v) is 13.8. The van der Waals surface area contributed by atoms with Crippen LogP contribution in [-0.4, -0.2) is 36.3 Å². The highest BCUT2D eigenvalue weighted by Crippen LogP contribution is 2.19. The van der Waals surface area contributed by atoms with Crippen LogP contribution in [0.15, 0.2) is 11.6 Å². The molecule has 1 heterocycles. The van der Waals surface area contributed by atoms with Gasteiger partial charge in [-0.1, -0.05) is 0 Å². The normalized spacial score (nSPS) is 12.6. The first-order valence-corrected chi connectivity index (χ1v) is 7.09. The fourth-order valence-corrected chi connectivity index (χ4v) is 2.07. The highest BCUT2D eigenvalue weighted by molar-refractivity contribution is 5.99. The van der Waals surface area contributed by atoms with Crippen molar-refractivity contribution in [1.29, 1.82) is 5.26 Å². The average Bonchev–Trinajstić information content (AvgIpc) is 2.76. The zero-order chi connectivity index (χ0) is 17.6. The van der Waals surface area contributed by atoms with E-state index in [1.54, 1.807) is 13.2 Å². The van der Waals surface area contributed by atoms with Crippen molar-refractivity contribution in [2.75, 3.05) is 13.7 Å². The molecule has 0 aliphatic carbocycles. The molecule has 1 rings (SSSR count). The van der Waals surface area contributed by atoms with Crippen molar-refractivity contribution in [2.24, 2.45) is 5.73 Å². The number of aryl methyl sites for hydroxylation is 1. The predicted molar refractivity (Wildman–Crippen MR) is 84.1 cm³/mol. The Morgan fingerprint density at radius 2 is 2.13 bits per heavy atom. The number of hydrogen-bond donors (Lipinski definition) is 1. The molecule has 0 radical (unpaired) electrons. The number of ether oxygens (including phenoxy) is 2. The summed E-state index contributed by atoms with van der Waals surface area (Å²) in [6.45, 7) is 6.40. The molecule has 7 nitrogen and oxygen atoms in total. The number of esters is 1. The molecular formula is C16H21N3O4. The largest absolute Gasteiger partial charge is 0.448 e. The SMILES string of the molecule is COCCn1c(C)cc(/C=C(\C#N)C(=O)O[C@@H](C)C(N)=O)c1C. The van der Waals surface area contributed by atoms with Crippen LogP contribution in [0.2, 0.25) is 0 Å². The lowest BCUT2D eigenvalue weighted by molar-refractivity contribution is -0.149. The van der Waals surface area contributed by atoms with Gasteiger partial charge >= 0.3 is 5.97 Å². The van der Waals surface area contributed by atoms with E-state index in [0.29, 0.717) is 13.2 Å². The number of nitrogens with zero attached hydrogens (tertiary/aromatic N) is 2. The topological polar surface area (TPSA) is 107 Å². The molecule has 0 saturated carbocycles. The van der Waals surface area contributed by atoms with Crippen LogP contribution in [0.1, 0.15) is 23.9 Å². The second-order valence-electron chi connectivity index (χ2n) is 5.09. The minimum atomic E-state index is -1.09. The van der Waals surface area contributed by atoms with E-state index in [2.05, 4.69) is 0 Å². The van der Waals surface area contributed by atoms with Crippen LogP contribution >= 0.6 is 0 Å². The Labute approximate surface area is 135 Å². The molecule has 0 aliphatic heterocycles. The summed E-state index contributed by atoms with van der Waals surface area (Å²) in [7, 11) is 1.62. The number of methoxy groups -OCH3 is 1. The molecule has 7 heteroatoms. The van der Waals surface area contributed by atoms with Crippen molar-refractivity contribution >= 4 is 18.0 Å². The van der Waals surface area contributed by atoms with Gasteiger partial charge < -0.3 is 19.8 Å². The van der Waals surface area contributed by atoms with Crippen molar-refractivity contribution in [1.82, 2.24) is 4.57 Å². The number of aromatic nitrogens is 1. The fraction of sp³-hybridized carbons (Fsp3) is 0.438. The third kappa shape index (κ3) is 4.69. The van der Waals surface area contributed by atoms with Gasteiger partial charge in [0.25, 0.3) is 5.91 Å². The van der Waals surface area contributed by atoms with E-state index >= 15 is 0 Å². The van der Waals surface area contributed by atoms with E-state index in [0.717, 1.165) is 17.0 Å². The Hall–Kier alpha value is -2.59. The van der Waals surface area contributed by atoms with E-state index in [1.807, 2.05) is 24.5 Å². The summed E-state index contributed by atoms with van der Waals surface area (Å²) in [4.78, 5) is 22.9.